The third-order valence-corrected chi connectivity index (χ3v) is 19.6. The van der Waals surface area contributed by atoms with Gasteiger partial charge in [0.15, 0.2) is 0 Å². The van der Waals surface area contributed by atoms with Gasteiger partial charge in [0.25, 0.3) is 0 Å². The number of carbonyl (C=O) groups is 1. The molecule has 0 saturated heterocycles. The van der Waals surface area contributed by atoms with Gasteiger partial charge in [0.2, 0.25) is 0 Å². The first-order valence-corrected chi connectivity index (χ1v) is 27.0. The van der Waals surface area contributed by atoms with Gasteiger partial charge in [0.1, 0.15) is 6.29 Å². The van der Waals surface area contributed by atoms with Crippen molar-refractivity contribution in [1.82, 2.24) is 0 Å². The molecule has 0 aliphatic heterocycles. The van der Waals surface area contributed by atoms with Gasteiger partial charge in [-0.25, -0.2) is 0 Å². The van der Waals surface area contributed by atoms with E-state index in [0.29, 0.717) is 5.92 Å². The Kier molecular flexibility index (Phi) is 27.3. The third kappa shape index (κ3) is 17.5. The fourth-order valence-corrected chi connectivity index (χ4v) is 17.0. The second kappa shape index (κ2) is 31.1. The van der Waals surface area contributed by atoms with Gasteiger partial charge in [-0.3, -0.25) is 4.99 Å². The largest absolute Gasteiger partial charge is 0.303 e. The van der Waals surface area contributed by atoms with Gasteiger partial charge in [-0.05, 0) is 136 Å². The molecule has 0 heterocycles. The molecule has 4 saturated carbocycles. The molecule has 4 aromatic carbocycles. The molecule has 0 radical (unpaired) electrons. The molecule has 4 unspecified atom stereocenters. The fraction of sp³-hybridized carbons (Fsp3) is 0.536. The molecule has 2 nitrogen and oxygen atoms in total. The molecule has 8 rings (SSSR count). The monoisotopic (exact) mass is 955 g/mol. The molecule has 0 spiro atoms. The fourth-order valence-electron chi connectivity index (χ4n) is 10.2. The molecule has 4 aromatic rings. The van der Waals surface area contributed by atoms with E-state index in [9.17, 15) is 4.79 Å². The Morgan fingerprint density at radius 1 is 0.500 bits per heavy atom. The van der Waals surface area contributed by atoms with Crippen LogP contribution in [0.3, 0.4) is 0 Å². The van der Waals surface area contributed by atoms with E-state index in [1.165, 1.54) is 89.9 Å². The van der Waals surface area contributed by atoms with E-state index >= 15 is 0 Å². The average molecular weight is 956 g/mol. The maximum atomic E-state index is 10.0. The first-order chi connectivity index (χ1) is 29.4. The summed E-state index contributed by atoms with van der Waals surface area (Å²) in [5.74, 6) is 4.62. The van der Waals surface area contributed by atoms with Gasteiger partial charge < -0.3 is 4.79 Å². The van der Waals surface area contributed by atoms with Crippen molar-refractivity contribution in [2.24, 2.45) is 40.5 Å². The molecule has 0 N–H and O–H groups in total. The molecule has 0 aromatic heterocycles. The minimum absolute atomic E-state index is 0. The second-order valence-electron chi connectivity index (χ2n) is 18.5. The first-order valence-electron chi connectivity index (χ1n) is 24.1. The number of rotatable bonds is 13. The van der Waals surface area contributed by atoms with Crippen LogP contribution in [0, 0.1) is 35.5 Å². The van der Waals surface area contributed by atoms with Crippen molar-refractivity contribution >= 4 is 49.6 Å². The van der Waals surface area contributed by atoms with E-state index in [1.54, 1.807) is 21.2 Å². The minimum Gasteiger partial charge on any atom is -0.303 e. The van der Waals surface area contributed by atoms with Crippen LogP contribution in [-0.4, -0.2) is 30.4 Å². The maximum absolute atomic E-state index is 10.0. The standard InChI is InChI=1S/2C20H25P.C10H19N.C6H10O.2Fe/c2*1-16(2)19-14-9-15-20(19)21(17-10-5-3-6-11-17)18-12-7-4-8-13-18;1-2-3-8-11-9-10-6-4-5-7-10;7-5-6-3-1-2-4-6;;/h2*3-8,10-13,16,19-20H,9,14-15H2,1-2H3;9-10H,2-8H2,1H3;5-6H,1-4H2;;. The second-order valence-corrected chi connectivity index (χ2v) is 23.4. The molecule has 4 atom stereocenters. The summed E-state index contributed by atoms with van der Waals surface area (Å²) < 4.78 is 0. The van der Waals surface area contributed by atoms with Crippen molar-refractivity contribution in [3.63, 3.8) is 0 Å². The van der Waals surface area contributed by atoms with E-state index in [-0.39, 0.29) is 50.0 Å². The number of hydrogen-bond donors (Lipinski definition) is 0. The molecular formula is C56H79Fe2NOP2. The van der Waals surface area contributed by atoms with Crippen LogP contribution in [0.25, 0.3) is 0 Å². The van der Waals surface area contributed by atoms with Gasteiger partial charge in [-0.1, -0.05) is 201 Å². The predicted molar refractivity (Wildman–Crippen MR) is 268 cm³/mol. The van der Waals surface area contributed by atoms with Crippen molar-refractivity contribution in [2.45, 2.75) is 149 Å². The Hall–Kier alpha value is -1.88. The van der Waals surface area contributed by atoms with Crippen molar-refractivity contribution < 1.29 is 38.9 Å². The molecule has 4 aliphatic rings. The van der Waals surface area contributed by atoms with Crippen molar-refractivity contribution in [3.05, 3.63) is 121 Å². The zero-order valence-electron chi connectivity index (χ0n) is 38.8. The van der Waals surface area contributed by atoms with Crippen LogP contribution >= 0.6 is 15.8 Å². The Morgan fingerprint density at radius 2 is 0.839 bits per heavy atom. The summed E-state index contributed by atoms with van der Waals surface area (Å²) in [5, 5.41) is 6.21. The first kappa shape index (κ1) is 54.5. The number of hydrogen-bond acceptors (Lipinski definition) is 2. The summed E-state index contributed by atoms with van der Waals surface area (Å²) in [6.07, 6.45) is 24.7. The number of nitrogens with zero attached hydrogens (tertiary/aromatic N) is 1. The smallest absolute Gasteiger partial charge is 0.123 e. The van der Waals surface area contributed by atoms with Crippen LogP contribution in [-0.2, 0) is 38.9 Å². The topological polar surface area (TPSA) is 29.4 Å². The number of benzene rings is 4. The summed E-state index contributed by atoms with van der Waals surface area (Å²) in [7, 11) is -0.448. The number of aliphatic imine (C=N–C) groups is 1. The summed E-state index contributed by atoms with van der Waals surface area (Å²) in [5.41, 5.74) is 1.70. The average Bonchev–Trinajstić information content (AvgIpc) is 4.15. The van der Waals surface area contributed by atoms with Crippen LogP contribution in [0.2, 0.25) is 0 Å². The maximum Gasteiger partial charge on any atom is 0.123 e. The zero-order chi connectivity index (χ0) is 42.4. The number of aldehydes is 1. The molecule has 0 bridgehead atoms. The Labute approximate surface area is 403 Å². The SMILES string of the molecule is CC(C)C1CCCC1P(c1ccccc1)c1ccccc1.CC(C)C1CCCC1P(c1ccccc1)c1ccccc1.CCCCN=CC1CCCC1.O=CC1CCCC1.[Fe].[Fe]. The molecule has 6 heteroatoms. The van der Waals surface area contributed by atoms with Gasteiger partial charge in [0, 0.05) is 52.8 Å². The van der Waals surface area contributed by atoms with Gasteiger partial charge in [0.05, 0.1) is 0 Å². The molecule has 0 amide bonds. The van der Waals surface area contributed by atoms with Crippen molar-refractivity contribution in [3.8, 4) is 0 Å². The molecule has 4 aliphatic carbocycles. The number of unbranched alkanes of at least 4 members (excludes halogenated alkanes) is 1. The molecule has 340 valence electrons. The Morgan fingerprint density at radius 3 is 1.13 bits per heavy atom. The van der Waals surface area contributed by atoms with Crippen LogP contribution < -0.4 is 21.2 Å². The summed E-state index contributed by atoms with van der Waals surface area (Å²) in [4.78, 5) is 14.4. The predicted octanol–water partition coefficient (Wildman–Crippen LogP) is 14.3. The van der Waals surface area contributed by atoms with Crippen molar-refractivity contribution in [1.29, 1.82) is 0 Å². The van der Waals surface area contributed by atoms with Gasteiger partial charge >= 0.3 is 0 Å². The zero-order valence-corrected chi connectivity index (χ0v) is 42.8. The molecule has 4 fully saturated rings. The summed E-state index contributed by atoms with van der Waals surface area (Å²) >= 11 is 0. The normalized spacial score (nSPS) is 21.1. The van der Waals surface area contributed by atoms with E-state index in [4.69, 9.17) is 0 Å². The third-order valence-electron chi connectivity index (χ3n) is 13.5. The van der Waals surface area contributed by atoms with Crippen LogP contribution in [0.1, 0.15) is 137 Å². The van der Waals surface area contributed by atoms with E-state index in [1.807, 2.05) is 0 Å². The molecular weight excluding hydrogens is 876 g/mol. The van der Waals surface area contributed by atoms with Crippen LogP contribution in [0.5, 0.6) is 0 Å². The van der Waals surface area contributed by atoms with Gasteiger partial charge in [-0.15, -0.1) is 0 Å². The van der Waals surface area contributed by atoms with E-state index in [0.717, 1.165) is 66.6 Å². The van der Waals surface area contributed by atoms with Gasteiger partial charge in [-0.2, -0.15) is 0 Å². The van der Waals surface area contributed by atoms with E-state index < -0.39 is 0 Å². The number of carbonyl (C=O) groups excluding carboxylic acids is 1. The van der Waals surface area contributed by atoms with Crippen LogP contribution in [0.15, 0.2) is 126 Å². The van der Waals surface area contributed by atoms with Crippen LogP contribution in [0.4, 0.5) is 0 Å². The summed E-state index contributed by atoms with van der Waals surface area (Å²) in [6, 6.07) is 44.9. The van der Waals surface area contributed by atoms with E-state index in [2.05, 4.69) is 167 Å². The quantitative estimate of drug-likeness (QED) is 0.0432. The minimum atomic E-state index is -0.224. The van der Waals surface area contributed by atoms with Crippen molar-refractivity contribution in [2.75, 3.05) is 6.54 Å². The Balaban J connectivity index is 0.000000234. The molecule has 62 heavy (non-hydrogen) atoms. The Bertz CT molecular complexity index is 1550. The summed E-state index contributed by atoms with van der Waals surface area (Å²) in [6.45, 7) is 12.9.